The SMILES string of the molecule is C[N+](C)=C/C=C(\Cl)c1ccc(Br)s1.[O-][Cl+3]([O-])([O-])[O-]. The van der Waals surface area contributed by atoms with Crippen molar-refractivity contribution >= 4 is 50.1 Å². The fourth-order valence-electron chi connectivity index (χ4n) is 0.739. The van der Waals surface area contributed by atoms with E-state index in [1.807, 2.05) is 43.1 Å². The Morgan fingerprint density at radius 2 is 1.83 bits per heavy atom. The molecule has 0 saturated carbocycles. The highest BCUT2D eigenvalue weighted by molar-refractivity contribution is 9.11. The van der Waals surface area contributed by atoms with Gasteiger partial charge in [0.25, 0.3) is 0 Å². The fraction of sp³-hybridized carbons (Fsp3) is 0.222. The zero-order valence-corrected chi connectivity index (χ0v) is 13.3. The van der Waals surface area contributed by atoms with Crippen molar-refractivity contribution in [2.45, 2.75) is 0 Å². The van der Waals surface area contributed by atoms with Crippen molar-refractivity contribution < 1.29 is 33.5 Å². The van der Waals surface area contributed by atoms with Crippen LogP contribution < -0.4 is 18.6 Å². The van der Waals surface area contributed by atoms with Gasteiger partial charge in [0.1, 0.15) is 14.1 Å². The summed E-state index contributed by atoms with van der Waals surface area (Å²) in [6, 6.07) is 3.99. The Balaban J connectivity index is 0.000000494. The van der Waals surface area contributed by atoms with E-state index in [2.05, 4.69) is 15.9 Å². The second-order valence-electron chi connectivity index (χ2n) is 3.11. The molecule has 9 heteroatoms. The van der Waals surface area contributed by atoms with Gasteiger partial charge in [0, 0.05) is 11.0 Å². The van der Waals surface area contributed by atoms with Crippen molar-refractivity contribution in [1.82, 2.24) is 0 Å². The van der Waals surface area contributed by atoms with Crippen LogP contribution in [0.1, 0.15) is 4.88 Å². The van der Waals surface area contributed by atoms with E-state index >= 15 is 0 Å². The highest BCUT2D eigenvalue weighted by Gasteiger charge is 2.00. The van der Waals surface area contributed by atoms with Gasteiger partial charge in [0.15, 0.2) is 6.21 Å². The summed E-state index contributed by atoms with van der Waals surface area (Å²) < 4.78 is 37.0. The van der Waals surface area contributed by atoms with Gasteiger partial charge >= 0.3 is 0 Å². The number of nitrogens with zero attached hydrogens (tertiary/aromatic N) is 1. The van der Waals surface area contributed by atoms with E-state index in [4.69, 9.17) is 30.2 Å². The number of allylic oxidation sites excluding steroid dienone is 1. The molecule has 0 radical (unpaired) electrons. The first kappa shape index (κ1) is 18.0. The number of thiophene rings is 1. The van der Waals surface area contributed by atoms with Crippen molar-refractivity contribution in [2.75, 3.05) is 14.1 Å². The number of hydrogen-bond acceptors (Lipinski definition) is 5. The molecule has 1 rings (SSSR count). The maximum absolute atomic E-state index is 8.49. The molecule has 0 saturated heterocycles. The summed E-state index contributed by atoms with van der Waals surface area (Å²) in [5.41, 5.74) is 0. The first-order valence-corrected chi connectivity index (χ1v) is 7.56. The van der Waals surface area contributed by atoms with Gasteiger partial charge in [-0.3, -0.25) is 0 Å². The van der Waals surface area contributed by atoms with Crippen molar-refractivity contribution in [3.63, 3.8) is 0 Å². The molecule has 1 aromatic rings. The Morgan fingerprint density at radius 3 is 2.17 bits per heavy atom. The summed E-state index contributed by atoms with van der Waals surface area (Å²) in [5, 5.41) is 0.768. The first-order chi connectivity index (χ1) is 8.09. The van der Waals surface area contributed by atoms with E-state index in [0.29, 0.717) is 0 Å². The third kappa shape index (κ3) is 11.1. The van der Waals surface area contributed by atoms with Crippen LogP contribution in [0, 0.1) is 10.2 Å². The molecule has 0 aliphatic rings. The zero-order chi connectivity index (χ0) is 14.3. The maximum Gasteiger partial charge on any atom is 0.164 e. The standard InChI is InChI=1S/C9H10BrClNS.ClHO4/c1-12(2)6-5-7(11)8-3-4-9(10)13-8;2-1(3,4)5/h3-6H,1-2H3;(H,2,3,4,5)/q+1;/p-1/b7-5-;. The second-order valence-corrected chi connectivity index (χ2v) is 6.74. The molecule has 1 aromatic heterocycles. The Labute approximate surface area is 124 Å². The molecule has 0 fully saturated rings. The summed E-state index contributed by atoms with van der Waals surface area (Å²) in [7, 11) is -1.02. The van der Waals surface area contributed by atoms with Crippen LogP contribution in [0.2, 0.25) is 0 Å². The summed E-state index contributed by atoms with van der Waals surface area (Å²) in [6.07, 6.45) is 3.82. The van der Waals surface area contributed by atoms with Crippen LogP contribution in [0.4, 0.5) is 0 Å². The van der Waals surface area contributed by atoms with Crippen molar-refractivity contribution in [3.05, 3.63) is 26.9 Å². The Kier molecular flexibility index (Phi) is 8.24. The molecule has 1 heterocycles. The van der Waals surface area contributed by atoms with Crippen LogP contribution in [0.5, 0.6) is 0 Å². The fourth-order valence-corrected chi connectivity index (χ4v) is 2.28. The van der Waals surface area contributed by atoms with Gasteiger partial charge in [0.05, 0.1) is 8.82 Å². The van der Waals surface area contributed by atoms with Crippen LogP contribution in [0.25, 0.3) is 5.03 Å². The molecule has 0 N–H and O–H groups in total. The van der Waals surface area contributed by atoms with E-state index in [1.54, 1.807) is 11.3 Å². The molecule has 5 nitrogen and oxygen atoms in total. The predicted octanol–water partition coefficient (Wildman–Crippen LogP) is -1.32. The van der Waals surface area contributed by atoms with E-state index < -0.39 is 10.2 Å². The topological polar surface area (TPSA) is 95.2 Å². The van der Waals surface area contributed by atoms with E-state index in [1.165, 1.54) is 0 Å². The average Bonchev–Trinajstić information content (AvgIpc) is 2.58. The van der Waals surface area contributed by atoms with E-state index in [0.717, 1.165) is 13.7 Å². The zero-order valence-electron chi connectivity index (χ0n) is 9.43. The third-order valence-electron chi connectivity index (χ3n) is 1.33. The lowest BCUT2D eigenvalue weighted by Gasteiger charge is -2.17. The monoisotopic (exact) mass is 377 g/mol. The van der Waals surface area contributed by atoms with Crippen LogP contribution in [-0.2, 0) is 0 Å². The molecule has 0 atom stereocenters. The second kappa shape index (κ2) is 8.23. The van der Waals surface area contributed by atoms with Crippen LogP contribution in [-0.4, -0.2) is 24.9 Å². The molecule has 0 bridgehead atoms. The van der Waals surface area contributed by atoms with Gasteiger partial charge in [-0.25, -0.2) is 23.2 Å². The molecular formula is C9H10BrCl2NO4S. The van der Waals surface area contributed by atoms with Gasteiger partial charge in [-0.2, -0.15) is 0 Å². The van der Waals surface area contributed by atoms with Crippen molar-refractivity contribution in [1.29, 1.82) is 0 Å². The lowest BCUT2D eigenvalue weighted by atomic mass is 10.4. The quantitative estimate of drug-likeness (QED) is 0.471. The third-order valence-corrected chi connectivity index (χ3v) is 3.43. The molecule has 0 aliphatic carbocycles. The molecule has 0 unspecified atom stereocenters. The van der Waals surface area contributed by atoms with Crippen molar-refractivity contribution in [3.8, 4) is 0 Å². The van der Waals surface area contributed by atoms with Gasteiger partial charge in [-0.05, 0) is 28.1 Å². The summed E-state index contributed by atoms with van der Waals surface area (Å²) in [5.74, 6) is 0. The Bertz CT molecular complexity index is 432. The highest BCUT2D eigenvalue weighted by Crippen LogP contribution is 2.29. The molecule has 0 spiro atoms. The first-order valence-electron chi connectivity index (χ1n) is 4.34. The molecule has 0 amide bonds. The number of rotatable bonds is 2. The molecule has 0 aromatic carbocycles. The summed E-state index contributed by atoms with van der Waals surface area (Å²) >= 11 is 11.1. The lowest BCUT2D eigenvalue weighted by Crippen LogP contribution is -2.68. The lowest BCUT2D eigenvalue weighted by molar-refractivity contribution is -2.00. The largest absolute Gasteiger partial charge is 0.241 e. The van der Waals surface area contributed by atoms with Gasteiger partial charge in [-0.1, -0.05) is 11.6 Å². The van der Waals surface area contributed by atoms with Crippen molar-refractivity contribution in [2.24, 2.45) is 0 Å². The van der Waals surface area contributed by atoms with Gasteiger partial charge < -0.3 is 0 Å². The van der Waals surface area contributed by atoms with Crippen LogP contribution >= 0.6 is 38.9 Å². The van der Waals surface area contributed by atoms with Crippen LogP contribution in [0.15, 0.2) is 22.0 Å². The average molecular weight is 379 g/mol. The van der Waals surface area contributed by atoms with E-state index in [9.17, 15) is 0 Å². The van der Waals surface area contributed by atoms with Gasteiger partial charge in [0.2, 0.25) is 0 Å². The predicted molar refractivity (Wildman–Crippen MR) is 64.0 cm³/mol. The molecule has 18 heavy (non-hydrogen) atoms. The van der Waals surface area contributed by atoms with Gasteiger partial charge in [-0.15, -0.1) is 21.6 Å². The number of halogens is 3. The normalized spacial score (nSPS) is 11.7. The van der Waals surface area contributed by atoms with Crippen LogP contribution in [0.3, 0.4) is 0 Å². The Morgan fingerprint density at radius 1 is 1.33 bits per heavy atom. The smallest absolute Gasteiger partial charge is 0.164 e. The highest BCUT2D eigenvalue weighted by atomic mass is 79.9. The number of hydrogen-bond donors (Lipinski definition) is 0. The maximum atomic E-state index is 8.49. The minimum absolute atomic E-state index is 0.768. The summed E-state index contributed by atoms with van der Waals surface area (Å²) in [4.78, 5) is 1.08. The summed E-state index contributed by atoms with van der Waals surface area (Å²) in [6.45, 7) is 0. The minimum Gasteiger partial charge on any atom is -0.241 e. The molecule has 102 valence electrons. The van der Waals surface area contributed by atoms with E-state index in [-0.39, 0.29) is 0 Å². The molecule has 0 aliphatic heterocycles. The molecular weight excluding hydrogens is 369 g/mol. The Hall–Kier alpha value is 0.01000. The minimum atomic E-state index is -4.94.